The lowest BCUT2D eigenvalue weighted by Crippen LogP contribution is -2.30. The first-order valence-corrected chi connectivity index (χ1v) is 8.17. The van der Waals surface area contributed by atoms with E-state index in [1.54, 1.807) is 6.07 Å². The zero-order valence-corrected chi connectivity index (χ0v) is 14.5. The number of rotatable bonds is 4. The summed E-state index contributed by atoms with van der Waals surface area (Å²) in [6, 6.07) is 13.4. The number of aromatic nitrogens is 1. The SMILES string of the molecule is C[C@H](OC(=O)c1cc2ccccc2cc1O)C(=O)Nc1ccc(Cl)cn1. The van der Waals surface area contributed by atoms with E-state index >= 15 is 0 Å². The fraction of sp³-hybridized carbons (Fsp3) is 0.105. The van der Waals surface area contributed by atoms with Gasteiger partial charge in [-0.15, -0.1) is 0 Å². The number of hydrogen-bond acceptors (Lipinski definition) is 5. The molecule has 0 fully saturated rings. The van der Waals surface area contributed by atoms with E-state index < -0.39 is 18.0 Å². The molecule has 1 aromatic heterocycles. The molecule has 2 aromatic carbocycles. The standard InChI is InChI=1S/C19H15ClN2O4/c1-11(18(24)22-17-7-6-14(20)10-21-17)26-19(25)15-8-12-4-2-3-5-13(12)9-16(15)23/h2-11,23H,1H3,(H,21,22,24)/t11-/m0/s1. The number of nitrogens with zero attached hydrogens (tertiary/aromatic N) is 1. The fourth-order valence-electron chi connectivity index (χ4n) is 2.35. The van der Waals surface area contributed by atoms with Crippen LogP contribution in [-0.2, 0) is 9.53 Å². The van der Waals surface area contributed by atoms with Gasteiger partial charge in [0.1, 0.15) is 17.1 Å². The van der Waals surface area contributed by atoms with Gasteiger partial charge in [0.15, 0.2) is 6.10 Å². The number of hydrogen-bond donors (Lipinski definition) is 2. The van der Waals surface area contributed by atoms with Gasteiger partial charge in [-0.1, -0.05) is 35.9 Å². The Bertz CT molecular complexity index is 973. The van der Waals surface area contributed by atoms with Crippen molar-refractivity contribution < 1.29 is 19.4 Å². The van der Waals surface area contributed by atoms with E-state index in [-0.39, 0.29) is 17.1 Å². The zero-order chi connectivity index (χ0) is 18.7. The van der Waals surface area contributed by atoms with Crippen LogP contribution < -0.4 is 5.32 Å². The monoisotopic (exact) mass is 370 g/mol. The van der Waals surface area contributed by atoms with Gasteiger partial charge in [0.05, 0.1) is 5.02 Å². The molecule has 3 rings (SSSR count). The van der Waals surface area contributed by atoms with Crippen molar-refractivity contribution in [1.82, 2.24) is 4.98 Å². The molecule has 2 N–H and O–H groups in total. The average molecular weight is 371 g/mol. The van der Waals surface area contributed by atoms with Crippen molar-refractivity contribution in [1.29, 1.82) is 0 Å². The minimum absolute atomic E-state index is 0.00651. The van der Waals surface area contributed by atoms with E-state index in [0.717, 1.165) is 10.8 Å². The second-order valence-electron chi connectivity index (χ2n) is 5.61. The predicted molar refractivity (Wildman–Crippen MR) is 98.4 cm³/mol. The van der Waals surface area contributed by atoms with Crippen LogP contribution in [0.15, 0.2) is 54.7 Å². The Balaban J connectivity index is 1.71. The first kappa shape index (κ1) is 17.7. The average Bonchev–Trinajstić information content (AvgIpc) is 2.62. The van der Waals surface area contributed by atoms with Crippen molar-refractivity contribution in [2.24, 2.45) is 0 Å². The van der Waals surface area contributed by atoms with Gasteiger partial charge in [0.25, 0.3) is 5.91 Å². The van der Waals surface area contributed by atoms with E-state index in [2.05, 4.69) is 10.3 Å². The van der Waals surface area contributed by atoms with E-state index in [4.69, 9.17) is 16.3 Å². The molecule has 0 bridgehead atoms. The smallest absolute Gasteiger partial charge is 0.342 e. The number of phenols is 1. The van der Waals surface area contributed by atoms with Gasteiger partial charge in [-0.25, -0.2) is 9.78 Å². The molecule has 0 aliphatic heterocycles. The number of amides is 1. The summed E-state index contributed by atoms with van der Waals surface area (Å²) in [5.74, 6) is -1.26. The van der Waals surface area contributed by atoms with Crippen molar-refractivity contribution in [3.8, 4) is 5.75 Å². The van der Waals surface area contributed by atoms with Gasteiger partial charge >= 0.3 is 5.97 Å². The quantitative estimate of drug-likeness (QED) is 0.682. The van der Waals surface area contributed by atoms with E-state index in [9.17, 15) is 14.7 Å². The van der Waals surface area contributed by atoms with Gasteiger partial charge in [0.2, 0.25) is 0 Å². The van der Waals surface area contributed by atoms with Crippen LogP contribution in [-0.4, -0.2) is 28.1 Å². The molecule has 6 nitrogen and oxygen atoms in total. The molecular weight excluding hydrogens is 356 g/mol. The van der Waals surface area contributed by atoms with E-state index in [1.807, 2.05) is 24.3 Å². The lowest BCUT2D eigenvalue weighted by Gasteiger charge is -2.14. The molecular formula is C19H15ClN2O4. The highest BCUT2D eigenvalue weighted by molar-refractivity contribution is 6.30. The van der Waals surface area contributed by atoms with Crippen LogP contribution in [0.5, 0.6) is 5.75 Å². The van der Waals surface area contributed by atoms with Gasteiger partial charge in [0, 0.05) is 6.20 Å². The Morgan fingerprint density at radius 1 is 1.15 bits per heavy atom. The minimum atomic E-state index is -1.08. The highest BCUT2D eigenvalue weighted by atomic mass is 35.5. The predicted octanol–water partition coefficient (Wildman–Crippen LogP) is 3.78. The number of esters is 1. The van der Waals surface area contributed by atoms with Crippen LogP contribution in [0.1, 0.15) is 17.3 Å². The molecule has 1 amide bonds. The van der Waals surface area contributed by atoms with E-state index in [1.165, 1.54) is 31.3 Å². The van der Waals surface area contributed by atoms with Gasteiger partial charge in [-0.3, -0.25) is 4.79 Å². The highest BCUT2D eigenvalue weighted by Crippen LogP contribution is 2.26. The first-order valence-electron chi connectivity index (χ1n) is 7.79. The minimum Gasteiger partial charge on any atom is -0.507 e. The molecule has 1 atom stereocenters. The molecule has 7 heteroatoms. The third kappa shape index (κ3) is 3.92. The highest BCUT2D eigenvalue weighted by Gasteiger charge is 2.21. The summed E-state index contributed by atoms with van der Waals surface area (Å²) in [5, 5.41) is 14.6. The molecule has 0 saturated carbocycles. The zero-order valence-electron chi connectivity index (χ0n) is 13.8. The molecule has 1 heterocycles. The Kier molecular flexibility index (Phi) is 5.04. The van der Waals surface area contributed by atoms with Crippen molar-refractivity contribution in [3.05, 3.63) is 65.3 Å². The lowest BCUT2D eigenvalue weighted by molar-refractivity contribution is -0.123. The third-order valence-corrected chi connectivity index (χ3v) is 3.94. The van der Waals surface area contributed by atoms with Crippen LogP contribution in [0.25, 0.3) is 10.8 Å². The molecule has 0 saturated heterocycles. The van der Waals surface area contributed by atoms with Crippen molar-refractivity contribution in [3.63, 3.8) is 0 Å². The van der Waals surface area contributed by atoms with Crippen LogP contribution >= 0.6 is 11.6 Å². The lowest BCUT2D eigenvalue weighted by atomic mass is 10.1. The Morgan fingerprint density at radius 2 is 1.85 bits per heavy atom. The number of pyridine rings is 1. The Hall–Kier alpha value is -3.12. The number of aromatic hydroxyl groups is 1. The summed E-state index contributed by atoms with van der Waals surface area (Å²) < 4.78 is 5.16. The molecule has 0 radical (unpaired) electrons. The second-order valence-corrected chi connectivity index (χ2v) is 6.05. The van der Waals surface area contributed by atoms with Crippen molar-refractivity contribution in [2.45, 2.75) is 13.0 Å². The number of fused-ring (bicyclic) bond motifs is 1. The summed E-state index contributed by atoms with van der Waals surface area (Å²) in [4.78, 5) is 28.4. The van der Waals surface area contributed by atoms with Gasteiger partial charge in [-0.2, -0.15) is 0 Å². The summed E-state index contributed by atoms with van der Waals surface area (Å²) >= 11 is 5.74. The molecule has 0 unspecified atom stereocenters. The number of ether oxygens (including phenoxy) is 1. The van der Waals surface area contributed by atoms with Crippen LogP contribution in [0.2, 0.25) is 5.02 Å². The topological polar surface area (TPSA) is 88.5 Å². The fourth-order valence-corrected chi connectivity index (χ4v) is 2.46. The van der Waals surface area contributed by atoms with Crippen LogP contribution in [0.4, 0.5) is 5.82 Å². The van der Waals surface area contributed by atoms with Crippen molar-refractivity contribution in [2.75, 3.05) is 5.32 Å². The summed E-state index contributed by atoms with van der Waals surface area (Å²) in [6.45, 7) is 1.43. The number of benzene rings is 2. The first-order chi connectivity index (χ1) is 12.4. The molecule has 132 valence electrons. The Labute approximate surface area is 154 Å². The third-order valence-electron chi connectivity index (χ3n) is 3.72. The van der Waals surface area contributed by atoms with Gasteiger partial charge in [-0.05, 0) is 42.0 Å². The van der Waals surface area contributed by atoms with Gasteiger partial charge < -0.3 is 15.2 Å². The second kappa shape index (κ2) is 7.41. The summed E-state index contributed by atoms with van der Waals surface area (Å²) in [6.07, 6.45) is 0.312. The number of phenolic OH excluding ortho intramolecular Hbond substituents is 1. The summed E-state index contributed by atoms with van der Waals surface area (Å²) in [5.41, 5.74) is -0.00651. The molecule has 0 aliphatic rings. The number of halogens is 1. The maximum atomic E-state index is 12.3. The molecule has 26 heavy (non-hydrogen) atoms. The Morgan fingerprint density at radius 3 is 2.50 bits per heavy atom. The molecule has 0 spiro atoms. The molecule has 3 aromatic rings. The number of carbonyl (C=O) groups excluding carboxylic acids is 2. The number of nitrogens with one attached hydrogen (secondary N) is 1. The number of anilines is 1. The van der Waals surface area contributed by atoms with Crippen LogP contribution in [0, 0.1) is 0 Å². The van der Waals surface area contributed by atoms with E-state index in [0.29, 0.717) is 5.02 Å². The normalized spacial score (nSPS) is 11.8. The summed E-state index contributed by atoms with van der Waals surface area (Å²) in [7, 11) is 0. The largest absolute Gasteiger partial charge is 0.507 e. The molecule has 0 aliphatic carbocycles. The van der Waals surface area contributed by atoms with Crippen LogP contribution in [0.3, 0.4) is 0 Å². The maximum absolute atomic E-state index is 12.3. The number of carbonyl (C=O) groups is 2. The maximum Gasteiger partial charge on any atom is 0.342 e. The van der Waals surface area contributed by atoms with Crippen molar-refractivity contribution >= 4 is 40.1 Å².